The molecule has 3 nitrogen and oxygen atoms in total. The zero-order chi connectivity index (χ0) is 10.9. The lowest BCUT2D eigenvalue weighted by Gasteiger charge is -2.06. The zero-order valence-electron chi connectivity index (χ0n) is 7.53. The quantitative estimate of drug-likeness (QED) is 0.724. The summed E-state index contributed by atoms with van der Waals surface area (Å²) in [5, 5.41) is 3.32. The lowest BCUT2D eigenvalue weighted by Crippen LogP contribution is -2.06. The second kappa shape index (κ2) is 3.52. The fraction of sp³-hybridized carbons (Fsp3) is 0.333. The first-order valence-corrected chi connectivity index (χ1v) is 4.31. The smallest absolute Gasteiger partial charge is 0.329 e. The van der Waals surface area contributed by atoms with Gasteiger partial charge in [0.2, 0.25) is 0 Å². The third-order valence-corrected chi connectivity index (χ3v) is 2.00. The minimum absolute atomic E-state index is 0.0722. The Kier molecular flexibility index (Phi) is 2.34. The van der Waals surface area contributed by atoms with Crippen LogP contribution in [0, 0.1) is 0 Å². The SMILES string of the molecule is FC(F)(F)c1nc(C2C=CC=CC2)no1. The third kappa shape index (κ3) is 2.08. The Labute approximate surface area is 83.3 Å². The maximum absolute atomic E-state index is 12.1. The Morgan fingerprint density at radius 1 is 1.33 bits per heavy atom. The van der Waals surface area contributed by atoms with E-state index in [9.17, 15) is 13.2 Å². The number of aromatic nitrogens is 2. The lowest BCUT2D eigenvalue weighted by atomic mass is 10.0. The molecule has 2 rings (SSSR count). The van der Waals surface area contributed by atoms with Crippen LogP contribution < -0.4 is 0 Å². The molecule has 1 atom stereocenters. The summed E-state index contributed by atoms with van der Waals surface area (Å²) < 4.78 is 40.6. The van der Waals surface area contributed by atoms with Crippen LogP contribution in [0.1, 0.15) is 24.1 Å². The van der Waals surface area contributed by atoms with E-state index in [2.05, 4.69) is 14.7 Å². The first-order valence-electron chi connectivity index (χ1n) is 4.31. The second-order valence-corrected chi connectivity index (χ2v) is 3.11. The molecule has 0 saturated carbocycles. The van der Waals surface area contributed by atoms with Crippen LogP contribution in [0.2, 0.25) is 0 Å². The number of halogens is 3. The first kappa shape index (κ1) is 9.95. The Bertz CT molecular complexity index is 406. The van der Waals surface area contributed by atoms with E-state index in [1.54, 1.807) is 12.2 Å². The predicted molar refractivity (Wildman–Crippen MR) is 44.9 cm³/mol. The number of rotatable bonds is 1. The molecule has 0 bridgehead atoms. The highest BCUT2D eigenvalue weighted by atomic mass is 19.4. The van der Waals surface area contributed by atoms with Crippen LogP contribution in [0.5, 0.6) is 0 Å². The summed E-state index contributed by atoms with van der Waals surface area (Å²) >= 11 is 0. The number of allylic oxidation sites excluding steroid dienone is 4. The highest BCUT2D eigenvalue weighted by Gasteiger charge is 2.38. The molecule has 0 aromatic carbocycles. The summed E-state index contributed by atoms with van der Waals surface area (Å²) in [5.41, 5.74) is 0. The van der Waals surface area contributed by atoms with Gasteiger partial charge in [0.05, 0.1) is 0 Å². The molecule has 6 heteroatoms. The monoisotopic (exact) mass is 216 g/mol. The van der Waals surface area contributed by atoms with Gasteiger partial charge in [0, 0.05) is 5.92 Å². The van der Waals surface area contributed by atoms with Crippen molar-refractivity contribution < 1.29 is 17.7 Å². The number of alkyl halides is 3. The van der Waals surface area contributed by atoms with Gasteiger partial charge < -0.3 is 4.52 Å². The minimum atomic E-state index is -4.57. The van der Waals surface area contributed by atoms with Crippen molar-refractivity contribution in [2.75, 3.05) is 0 Å². The Hall–Kier alpha value is -1.59. The topological polar surface area (TPSA) is 38.9 Å². The van der Waals surface area contributed by atoms with Crippen molar-refractivity contribution in [3.63, 3.8) is 0 Å². The van der Waals surface area contributed by atoms with Gasteiger partial charge in [-0.1, -0.05) is 29.5 Å². The number of nitrogens with zero attached hydrogens (tertiary/aromatic N) is 2. The molecular weight excluding hydrogens is 209 g/mol. The van der Waals surface area contributed by atoms with E-state index in [0.717, 1.165) is 0 Å². The van der Waals surface area contributed by atoms with Crippen molar-refractivity contribution in [1.82, 2.24) is 10.1 Å². The fourth-order valence-corrected chi connectivity index (χ4v) is 1.27. The van der Waals surface area contributed by atoms with E-state index in [1.807, 2.05) is 12.2 Å². The number of hydrogen-bond acceptors (Lipinski definition) is 3. The fourth-order valence-electron chi connectivity index (χ4n) is 1.27. The van der Waals surface area contributed by atoms with Crippen LogP contribution in [0.25, 0.3) is 0 Å². The summed E-state index contributed by atoms with van der Waals surface area (Å²) in [6, 6.07) is 0. The standard InChI is InChI=1S/C9H7F3N2O/c10-9(11,12)8-13-7(14-15-8)6-4-2-1-3-5-6/h1-4,6H,5H2. The molecule has 15 heavy (non-hydrogen) atoms. The molecule has 0 N–H and O–H groups in total. The van der Waals surface area contributed by atoms with Crippen molar-refractivity contribution in [2.45, 2.75) is 18.5 Å². The summed E-state index contributed by atoms with van der Waals surface area (Å²) in [6.07, 6.45) is 3.17. The van der Waals surface area contributed by atoms with Gasteiger partial charge in [-0.15, -0.1) is 0 Å². The molecule has 0 spiro atoms. The molecule has 1 aliphatic carbocycles. The molecule has 0 radical (unpaired) electrons. The Morgan fingerprint density at radius 2 is 2.13 bits per heavy atom. The van der Waals surface area contributed by atoms with E-state index in [1.165, 1.54) is 0 Å². The Balaban J connectivity index is 2.20. The van der Waals surface area contributed by atoms with Crippen molar-refractivity contribution >= 4 is 0 Å². The first-order chi connectivity index (χ1) is 7.07. The van der Waals surface area contributed by atoms with Gasteiger partial charge in [0.25, 0.3) is 0 Å². The largest absolute Gasteiger partial charge is 0.471 e. The van der Waals surface area contributed by atoms with Crippen molar-refractivity contribution in [2.24, 2.45) is 0 Å². The predicted octanol–water partition coefficient (Wildman–Crippen LogP) is 2.69. The van der Waals surface area contributed by atoms with Crippen LogP contribution in [0.15, 0.2) is 28.8 Å². The van der Waals surface area contributed by atoms with Gasteiger partial charge in [0.15, 0.2) is 5.82 Å². The van der Waals surface area contributed by atoms with Gasteiger partial charge in [-0.25, -0.2) is 0 Å². The number of hydrogen-bond donors (Lipinski definition) is 0. The second-order valence-electron chi connectivity index (χ2n) is 3.11. The molecule has 0 fully saturated rings. The van der Waals surface area contributed by atoms with Gasteiger partial charge in [-0.3, -0.25) is 0 Å². The van der Waals surface area contributed by atoms with Crippen LogP contribution in [0.3, 0.4) is 0 Å². The molecule has 0 saturated heterocycles. The average molecular weight is 216 g/mol. The van der Waals surface area contributed by atoms with E-state index in [0.29, 0.717) is 6.42 Å². The lowest BCUT2D eigenvalue weighted by molar-refractivity contribution is -0.159. The molecule has 0 amide bonds. The molecule has 1 aliphatic rings. The summed E-state index contributed by atoms with van der Waals surface area (Å²) in [7, 11) is 0. The normalized spacial score (nSPS) is 20.9. The molecule has 1 heterocycles. The molecule has 0 aliphatic heterocycles. The summed E-state index contributed by atoms with van der Waals surface area (Å²) in [6.45, 7) is 0. The van der Waals surface area contributed by atoms with Gasteiger partial charge in [-0.2, -0.15) is 18.2 Å². The zero-order valence-corrected chi connectivity index (χ0v) is 7.53. The van der Waals surface area contributed by atoms with Crippen LogP contribution in [-0.4, -0.2) is 10.1 Å². The van der Waals surface area contributed by atoms with Crippen LogP contribution >= 0.6 is 0 Å². The van der Waals surface area contributed by atoms with Gasteiger partial charge >= 0.3 is 12.1 Å². The molecule has 1 unspecified atom stereocenters. The minimum Gasteiger partial charge on any atom is -0.329 e. The molecule has 1 aromatic rings. The van der Waals surface area contributed by atoms with Crippen LogP contribution in [-0.2, 0) is 6.18 Å². The van der Waals surface area contributed by atoms with Gasteiger partial charge in [0.1, 0.15) is 0 Å². The molecule has 80 valence electrons. The molecular formula is C9H7F3N2O. The van der Waals surface area contributed by atoms with E-state index in [-0.39, 0.29) is 11.7 Å². The maximum atomic E-state index is 12.1. The van der Waals surface area contributed by atoms with Crippen molar-refractivity contribution in [3.8, 4) is 0 Å². The highest BCUT2D eigenvalue weighted by Crippen LogP contribution is 2.30. The Morgan fingerprint density at radius 3 is 2.67 bits per heavy atom. The van der Waals surface area contributed by atoms with Crippen molar-refractivity contribution in [3.05, 3.63) is 36.0 Å². The molecule has 1 aromatic heterocycles. The van der Waals surface area contributed by atoms with E-state index in [4.69, 9.17) is 0 Å². The van der Waals surface area contributed by atoms with E-state index >= 15 is 0 Å². The van der Waals surface area contributed by atoms with E-state index < -0.39 is 12.1 Å². The van der Waals surface area contributed by atoms with Crippen LogP contribution in [0.4, 0.5) is 13.2 Å². The average Bonchev–Trinajstić information content (AvgIpc) is 2.67. The highest BCUT2D eigenvalue weighted by molar-refractivity contribution is 5.19. The summed E-state index contributed by atoms with van der Waals surface area (Å²) in [4.78, 5) is 3.32. The summed E-state index contributed by atoms with van der Waals surface area (Å²) in [5.74, 6) is -1.45. The van der Waals surface area contributed by atoms with Crippen molar-refractivity contribution in [1.29, 1.82) is 0 Å². The maximum Gasteiger partial charge on any atom is 0.471 e. The van der Waals surface area contributed by atoms with Gasteiger partial charge in [-0.05, 0) is 6.42 Å². The third-order valence-electron chi connectivity index (χ3n) is 2.00.